The van der Waals surface area contributed by atoms with Crippen molar-refractivity contribution in [3.05, 3.63) is 72.2 Å². The number of rotatable bonds is 8. The van der Waals surface area contributed by atoms with E-state index in [0.29, 0.717) is 23.9 Å². The second kappa shape index (κ2) is 10.8. The first-order valence-electron chi connectivity index (χ1n) is 13.0. The molecule has 204 valence electrons. The molecule has 0 aliphatic carbocycles. The molecule has 3 atom stereocenters. The molecule has 2 saturated heterocycles. The van der Waals surface area contributed by atoms with Gasteiger partial charge in [-0.25, -0.2) is 13.4 Å². The highest BCUT2D eigenvalue weighted by molar-refractivity contribution is 7.88. The summed E-state index contributed by atoms with van der Waals surface area (Å²) in [4.78, 5) is 49.8. The fourth-order valence-electron chi connectivity index (χ4n) is 5.48. The minimum Gasteiger partial charge on any atom is -0.339 e. The predicted molar refractivity (Wildman–Crippen MR) is 145 cm³/mol. The van der Waals surface area contributed by atoms with Gasteiger partial charge in [0, 0.05) is 24.3 Å². The van der Waals surface area contributed by atoms with Crippen molar-refractivity contribution in [1.29, 1.82) is 0 Å². The van der Waals surface area contributed by atoms with E-state index in [1.807, 2.05) is 38.1 Å². The molecule has 0 radical (unpaired) electrons. The van der Waals surface area contributed by atoms with Crippen LogP contribution in [0.3, 0.4) is 0 Å². The van der Waals surface area contributed by atoms with Crippen LogP contribution in [0.5, 0.6) is 0 Å². The van der Waals surface area contributed by atoms with Crippen LogP contribution < -0.4 is 5.32 Å². The molecular weight excluding hydrogens is 518 g/mol. The molecule has 5 rings (SSSR count). The number of carbonyl (C=O) groups is 3. The van der Waals surface area contributed by atoms with Crippen LogP contribution in [0.4, 0.5) is 0 Å². The van der Waals surface area contributed by atoms with Crippen molar-refractivity contribution in [2.75, 3.05) is 13.1 Å². The Hall–Kier alpha value is -3.70. The van der Waals surface area contributed by atoms with Gasteiger partial charge in [0.25, 0.3) is 5.91 Å². The van der Waals surface area contributed by atoms with Gasteiger partial charge in [-0.3, -0.25) is 19.4 Å². The Morgan fingerprint density at radius 2 is 1.90 bits per heavy atom. The number of nitrogens with one attached hydrogen (secondary N) is 1. The molecular formula is C28H31N5O5S. The summed E-state index contributed by atoms with van der Waals surface area (Å²) in [6.45, 7) is 3.85. The predicted octanol–water partition coefficient (Wildman–Crippen LogP) is 2.16. The van der Waals surface area contributed by atoms with Crippen LogP contribution in [0.2, 0.25) is 0 Å². The third-order valence-electron chi connectivity index (χ3n) is 7.23. The number of benzene rings is 1. The summed E-state index contributed by atoms with van der Waals surface area (Å²) >= 11 is 0. The molecule has 3 aromatic rings. The second-order valence-electron chi connectivity index (χ2n) is 10.5. The molecule has 2 aliphatic rings. The number of pyridine rings is 2. The lowest BCUT2D eigenvalue weighted by atomic mass is 10.0. The van der Waals surface area contributed by atoms with E-state index < -0.39 is 34.1 Å². The van der Waals surface area contributed by atoms with Crippen LogP contribution in [0.25, 0.3) is 10.9 Å². The number of sulfonamides is 1. The third-order valence-corrected chi connectivity index (χ3v) is 9.04. The maximum Gasteiger partial charge on any atom is 0.270 e. The lowest BCUT2D eigenvalue weighted by molar-refractivity contribution is -0.138. The number of aromatic nitrogens is 2. The number of hydrogen-bond donors (Lipinski definition) is 1. The summed E-state index contributed by atoms with van der Waals surface area (Å²) in [6.07, 6.45) is 3.77. The van der Waals surface area contributed by atoms with Gasteiger partial charge in [0.2, 0.25) is 15.9 Å². The summed E-state index contributed by atoms with van der Waals surface area (Å²) in [7, 11) is -3.81. The number of Topliss-reactive ketones (excluding diaryl/α,β-unsaturated/α-hetero) is 1. The normalized spacial score (nSPS) is 20.4. The van der Waals surface area contributed by atoms with Gasteiger partial charge in [-0.2, -0.15) is 4.31 Å². The minimum absolute atomic E-state index is 0.0813. The SMILES string of the molecule is CC(C)CC(NC(=O)c1ccc2ccccc2n1)C(=O)N1CCC2C1C(=O)CN2S(=O)(=O)Cc1cccnc1. The van der Waals surface area contributed by atoms with E-state index in [1.165, 1.54) is 15.4 Å². The van der Waals surface area contributed by atoms with Gasteiger partial charge in [0.1, 0.15) is 17.8 Å². The van der Waals surface area contributed by atoms with E-state index in [-0.39, 0.29) is 42.1 Å². The van der Waals surface area contributed by atoms with E-state index in [1.54, 1.807) is 30.5 Å². The standard InChI is InChI=1S/C28H31N5O5S/c1-18(2)14-23(31-27(35)22-10-9-20-7-3-4-8-21(20)30-22)28(36)32-13-11-24-26(32)25(34)16-33(24)39(37,38)17-19-6-5-12-29-15-19/h3-10,12,15,18,23-24,26H,11,13-14,16-17H2,1-2H3,(H,31,35). The first kappa shape index (κ1) is 26.9. The molecule has 0 spiro atoms. The van der Waals surface area contributed by atoms with Crippen LogP contribution in [-0.2, 0) is 25.4 Å². The minimum atomic E-state index is -3.81. The number of nitrogens with zero attached hydrogens (tertiary/aromatic N) is 4. The molecule has 1 N–H and O–H groups in total. The molecule has 1 aromatic carbocycles. The average molecular weight is 550 g/mol. The molecule has 2 aliphatic heterocycles. The summed E-state index contributed by atoms with van der Waals surface area (Å²) in [5.74, 6) is -1.36. The largest absolute Gasteiger partial charge is 0.339 e. The second-order valence-corrected chi connectivity index (χ2v) is 12.4. The van der Waals surface area contributed by atoms with Crippen LogP contribution in [0.15, 0.2) is 60.9 Å². The first-order chi connectivity index (χ1) is 18.6. The van der Waals surface area contributed by atoms with Crippen LogP contribution >= 0.6 is 0 Å². The number of fused-ring (bicyclic) bond motifs is 2. The monoisotopic (exact) mass is 549 g/mol. The quantitative estimate of drug-likeness (QED) is 0.456. The van der Waals surface area contributed by atoms with Gasteiger partial charge in [-0.05, 0) is 42.5 Å². The van der Waals surface area contributed by atoms with Gasteiger partial charge in [0.15, 0.2) is 5.78 Å². The first-order valence-corrected chi connectivity index (χ1v) is 14.6. The lowest BCUT2D eigenvalue weighted by Gasteiger charge is -2.29. The number of para-hydroxylation sites is 1. The molecule has 4 heterocycles. The molecule has 39 heavy (non-hydrogen) atoms. The number of carbonyl (C=O) groups excluding carboxylic acids is 3. The van der Waals surface area contributed by atoms with E-state index in [2.05, 4.69) is 15.3 Å². The van der Waals surface area contributed by atoms with Crippen molar-refractivity contribution >= 4 is 38.5 Å². The molecule has 3 unspecified atom stereocenters. The van der Waals surface area contributed by atoms with Gasteiger partial charge >= 0.3 is 0 Å². The molecule has 2 fully saturated rings. The lowest BCUT2D eigenvalue weighted by Crippen LogP contribution is -2.53. The number of ketones is 1. The van der Waals surface area contributed by atoms with E-state index in [0.717, 1.165) is 5.39 Å². The Labute approximate surface area is 227 Å². The van der Waals surface area contributed by atoms with E-state index in [9.17, 15) is 22.8 Å². The molecule has 0 bridgehead atoms. The highest BCUT2D eigenvalue weighted by Crippen LogP contribution is 2.33. The summed E-state index contributed by atoms with van der Waals surface area (Å²) in [5.41, 5.74) is 1.39. The molecule has 11 heteroatoms. The fraction of sp³-hybridized carbons (Fsp3) is 0.393. The van der Waals surface area contributed by atoms with Crippen molar-refractivity contribution in [1.82, 2.24) is 24.5 Å². The Bertz CT molecular complexity index is 1510. The third kappa shape index (κ3) is 5.55. The highest BCUT2D eigenvalue weighted by atomic mass is 32.2. The van der Waals surface area contributed by atoms with Crippen molar-refractivity contribution in [2.24, 2.45) is 5.92 Å². The number of likely N-dealkylation sites (tertiary alicyclic amines) is 1. The molecule has 10 nitrogen and oxygen atoms in total. The zero-order chi connectivity index (χ0) is 27.7. The Balaban J connectivity index is 1.33. The topological polar surface area (TPSA) is 130 Å². The Morgan fingerprint density at radius 1 is 1.10 bits per heavy atom. The van der Waals surface area contributed by atoms with Gasteiger partial charge in [-0.15, -0.1) is 0 Å². The maximum absolute atomic E-state index is 13.8. The molecule has 2 amide bonds. The van der Waals surface area contributed by atoms with E-state index >= 15 is 0 Å². The zero-order valence-corrected chi connectivity index (χ0v) is 22.7. The number of hydrogen-bond acceptors (Lipinski definition) is 7. The van der Waals surface area contributed by atoms with Crippen LogP contribution in [-0.4, -0.2) is 76.4 Å². The Morgan fingerprint density at radius 3 is 2.64 bits per heavy atom. The summed E-state index contributed by atoms with van der Waals surface area (Å²) in [5, 5.41) is 3.73. The van der Waals surface area contributed by atoms with Crippen LogP contribution in [0.1, 0.15) is 42.7 Å². The average Bonchev–Trinajstić information content (AvgIpc) is 3.49. The smallest absolute Gasteiger partial charge is 0.270 e. The summed E-state index contributed by atoms with van der Waals surface area (Å²) < 4.78 is 27.7. The van der Waals surface area contributed by atoms with Gasteiger partial charge in [0.05, 0.1) is 23.9 Å². The van der Waals surface area contributed by atoms with Crippen molar-refractivity contribution < 1.29 is 22.8 Å². The van der Waals surface area contributed by atoms with Crippen LogP contribution in [0, 0.1) is 5.92 Å². The summed E-state index contributed by atoms with van der Waals surface area (Å²) in [6, 6.07) is 11.8. The fourth-order valence-corrected chi connectivity index (χ4v) is 7.19. The zero-order valence-electron chi connectivity index (χ0n) is 21.9. The maximum atomic E-state index is 13.8. The van der Waals surface area contributed by atoms with Crippen molar-refractivity contribution in [2.45, 2.75) is 50.6 Å². The Kier molecular flexibility index (Phi) is 7.46. The van der Waals surface area contributed by atoms with E-state index in [4.69, 9.17) is 0 Å². The molecule has 0 saturated carbocycles. The van der Waals surface area contributed by atoms with Gasteiger partial charge in [-0.1, -0.05) is 44.2 Å². The molecule has 2 aromatic heterocycles. The van der Waals surface area contributed by atoms with Gasteiger partial charge < -0.3 is 10.2 Å². The highest BCUT2D eigenvalue weighted by Gasteiger charge is 2.54. The van der Waals surface area contributed by atoms with Crippen molar-refractivity contribution in [3.8, 4) is 0 Å². The van der Waals surface area contributed by atoms with Crippen molar-refractivity contribution in [3.63, 3.8) is 0 Å². The number of amides is 2.